The molecule has 1 aliphatic rings. The highest BCUT2D eigenvalue weighted by molar-refractivity contribution is 6.35. The van der Waals surface area contributed by atoms with Gasteiger partial charge in [-0.1, -0.05) is 60.1 Å². The fraction of sp³-hybridized carbons (Fsp3) is 0.0556. The van der Waals surface area contributed by atoms with Gasteiger partial charge in [0.1, 0.15) is 0 Å². The van der Waals surface area contributed by atoms with Crippen molar-refractivity contribution in [1.82, 2.24) is 0 Å². The number of carbonyl (C=O) groups excluding carboxylic acids is 1. The SMILES string of the molecule is O=C1O[C@H](c2cccc3c(Cl)cccc23)c2ccccc21. The second-order valence-electron chi connectivity index (χ2n) is 5.05. The smallest absolute Gasteiger partial charge is 0.339 e. The van der Waals surface area contributed by atoms with Crippen molar-refractivity contribution in [1.29, 1.82) is 0 Å². The number of carbonyl (C=O) groups is 1. The number of benzene rings is 3. The first-order valence-electron chi connectivity index (χ1n) is 6.73. The molecule has 3 aromatic carbocycles. The van der Waals surface area contributed by atoms with Crippen LogP contribution in [0.25, 0.3) is 10.8 Å². The number of ether oxygens (including phenoxy) is 1. The van der Waals surface area contributed by atoms with E-state index >= 15 is 0 Å². The van der Waals surface area contributed by atoms with Crippen LogP contribution < -0.4 is 0 Å². The molecule has 0 saturated carbocycles. The Morgan fingerprint density at radius 2 is 1.52 bits per heavy atom. The van der Waals surface area contributed by atoms with Gasteiger partial charge in [-0.25, -0.2) is 4.79 Å². The first kappa shape index (κ1) is 12.4. The van der Waals surface area contributed by atoms with Gasteiger partial charge in [-0.05, 0) is 17.5 Å². The molecule has 0 bridgehead atoms. The van der Waals surface area contributed by atoms with Gasteiger partial charge >= 0.3 is 5.97 Å². The van der Waals surface area contributed by atoms with Crippen molar-refractivity contribution in [3.63, 3.8) is 0 Å². The Kier molecular flexibility index (Phi) is 2.72. The number of rotatable bonds is 1. The Balaban J connectivity index is 1.97. The number of esters is 1. The molecule has 2 nitrogen and oxygen atoms in total. The molecule has 0 aliphatic carbocycles. The van der Waals surface area contributed by atoms with Crippen LogP contribution in [0.1, 0.15) is 27.6 Å². The molecule has 0 saturated heterocycles. The third kappa shape index (κ3) is 1.83. The Bertz CT molecular complexity index is 870. The minimum atomic E-state index is -0.365. The highest BCUT2D eigenvalue weighted by Crippen LogP contribution is 2.39. The summed E-state index contributed by atoms with van der Waals surface area (Å²) in [4.78, 5) is 12.0. The number of hydrogen-bond acceptors (Lipinski definition) is 2. The van der Waals surface area contributed by atoms with E-state index in [9.17, 15) is 4.79 Å². The van der Waals surface area contributed by atoms with Gasteiger partial charge in [0.2, 0.25) is 0 Å². The average molecular weight is 295 g/mol. The van der Waals surface area contributed by atoms with Crippen molar-refractivity contribution < 1.29 is 9.53 Å². The number of hydrogen-bond donors (Lipinski definition) is 0. The standard InChI is InChI=1S/C18H11ClO2/c19-16-10-4-7-11-12(16)8-3-9-13(11)17-14-5-1-2-6-15(14)18(20)21-17/h1-10,17H/t17-/m1/s1. The highest BCUT2D eigenvalue weighted by Gasteiger charge is 2.32. The molecule has 0 amide bonds. The average Bonchev–Trinajstić information content (AvgIpc) is 2.85. The molecule has 3 aromatic rings. The van der Waals surface area contributed by atoms with E-state index in [-0.39, 0.29) is 12.1 Å². The predicted molar refractivity (Wildman–Crippen MR) is 82.7 cm³/mol. The molecular formula is C18H11ClO2. The monoisotopic (exact) mass is 294 g/mol. The summed E-state index contributed by atoms with van der Waals surface area (Å²) >= 11 is 6.26. The van der Waals surface area contributed by atoms with E-state index in [2.05, 4.69) is 0 Å². The predicted octanol–water partition coefficient (Wildman–Crippen LogP) is 4.75. The summed E-state index contributed by atoms with van der Waals surface area (Å²) in [5.74, 6) is -0.269. The van der Waals surface area contributed by atoms with Crippen LogP contribution in [0.4, 0.5) is 0 Å². The first-order valence-corrected chi connectivity index (χ1v) is 7.10. The Labute approximate surface area is 126 Å². The largest absolute Gasteiger partial charge is 0.449 e. The van der Waals surface area contributed by atoms with Crippen LogP contribution >= 0.6 is 11.6 Å². The fourth-order valence-corrected chi connectivity index (χ4v) is 3.14. The minimum absolute atomic E-state index is 0.269. The Morgan fingerprint density at radius 3 is 2.43 bits per heavy atom. The van der Waals surface area contributed by atoms with Gasteiger partial charge < -0.3 is 4.74 Å². The maximum absolute atomic E-state index is 12.0. The molecule has 3 heteroatoms. The number of halogens is 1. The van der Waals surface area contributed by atoms with E-state index in [0.29, 0.717) is 10.6 Å². The summed E-state index contributed by atoms with van der Waals surface area (Å²) < 4.78 is 5.58. The highest BCUT2D eigenvalue weighted by atomic mass is 35.5. The van der Waals surface area contributed by atoms with Crippen molar-refractivity contribution in [3.05, 3.63) is 82.4 Å². The first-order chi connectivity index (χ1) is 10.3. The van der Waals surface area contributed by atoms with Crippen molar-refractivity contribution in [2.45, 2.75) is 6.10 Å². The topological polar surface area (TPSA) is 26.3 Å². The molecular weight excluding hydrogens is 284 g/mol. The van der Waals surface area contributed by atoms with Crippen LogP contribution in [0, 0.1) is 0 Å². The summed E-state index contributed by atoms with van der Waals surface area (Å²) in [7, 11) is 0. The van der Waals surface area contributed by atoms with Crippen molar-refractivity contribution >= 4 is 28.3 Å². The lowest BCUT2D eigenvalue weighted by Crippen LogP contribution is -2.01. The van der Waals surface area contributed by atoms with Gasteiger partial charge in [0.15, 0.2) is 6.10 Å². The minimum Gasteiger partial charge on any atom is -0.449 e. The fourth-order valence-electron chi connectivity index (χ4n) is 2.90. The van der Waals surface area contributed by atoms with Gasteiger partial charge in [-0.2, -0.15) is 0 Å². The zero-order chi connectivity index (χ0) is 14.4. The van der Waals surface area contributed by atoms with Crippen LogP contribution in [-0.2, 0) is 4.74 Å². The summed E-state index contributed by atoms with van der Waals surface area (Å²) in [6.07, 6.45) is -0.365. The Morgan fingerprint density at radius 1 is 0.810 bits per heavy atom. The van der Waals surface area contributed by atoms with Crippen molar-refractivity contribution in [2.24, 2.45) is 0 Å². The second-order valence-corrected chi connectivity index (χ2v) is 5.46. The van der Waals surface area contributed by atoms with E-state index < -0.39 is 0 Å². The van der Waals surface area contributed by atoms with Gasteiger partial charge in [0, 0.05) is 21.5 Å². The van der Waals surface area contributed by atoms with Gasteiger partial charge in [0.05, 0.1) is 5.56 Å². The maximum Gasteiger partial charge on any atom is 0.339 e. The molecule has 0 fully saturated rings. The van der Waals surface area contributed by atoms with E-state index in [1.54, 1.807) is 6.07 Å². The molecule has 0 aromatic heterocycles. The molecule has 1 aliphatic heterocycles. The zero-order valence-electron chi connectivity index (χ0n) is 11.0. The molecule has 0 unspecified atom stereocenters. The molecule has 0 N–H and O–H groups in total. The third-order valence-electron chi connectivity index (χ3n) is 3.87. The van der Waals surface area contributed by atoms with Crippen molar-refractivity contribution in [2.75, 3.05) is 0 Å². The van der Waals surface area contributed by atoms with Crippen LogP contribution in [0.3, 0.4) is 0 Å². The normalized spacial score (nSPS) is 16.8. The van der Waals surface area contributed by atoms with Gasteiger partial charge in [-0.15, -0.1) is 0 Å². The number of fused-ring (bicyclic) bond motifs is 2. The maximum atomic E-state index is 12.0. The summed E-state index contributed by atoms with van der Waals surface area (Å²) in [5, 5.41) is 2.68. The van der Waals surface area contributed by atoms with Gasteiger partial charge in [0.25, 0.3) is 0 Å². The van der Waals surface area contributed by atoms with Crippen LogP contribution in [-0.4, -0.2) is 5.97 Å². The molecule has 1 heterocycles. The molecule has 1 atom stereocenters. The molecule has 0 spiro atoms. The lowest BCUT2D eigenvalue weighted by Gasteiger charge is -2.14. The van der Waals surface area contributed by atoms with Crippen LogP contribution in [0.15, 0.2) is 60.7 Å². The summed E-state index contributed by atoms with van der Waals surface area (Å²) in [6.45, 7) is 0. The number of cyclic esters (lactones) is 1. The van der Waals surface area contributed by atoms with E-state index in [1.807, 2.05) is 54.6 Å². The van der Waals surface area contributed by atoms with Crippen molar-refractivity contribution in [3.8, 4) is 0 Å². The zero-order valence-corrected chi connectivity index (χ0v) is 11.8. The molecule has 102 valence electrons. The van der Waals surface area contributed by atoms with Crippen LogP contribution in [0.5, 0.6) is 0 Å². The van der Waals surface area contributed by atoms with E-state index in [4.69, 9.17) is 16.3 Å². The molecule has 21 heavy (non-hydrogen) atoms. The van der Waals surface area contributed by atoms with E-state index in [1.165, 1.54) is 0 Å². The lowest BCUT2D eigenvalue weighted by molar-refractivity contribution is 0.0458. The lowest BCUT2D eigenvalue weighted by atomic mass is 9.95. The molecule has 0 radical (unpaired) electrons. The third-order valence-corrected chi connectivity index (χ3v) is 4.20. The van der Waals surface area contributed by atoms with Gasteiger partial charge in [-0.3, -0.25) is 0 Å². The molecule has 4 rings (SSSR count). The quantitative estimate of drug-likeness (QED) is 0.605. The summed E-state index contributed by atoms with van der Waals surface area (Å²) in [6, 6.07) is 19.2. The van der Waals surface area contributed by atoms with Crippen LogP contribution in [0.2, 0.25) is 5.02 Å². The second kappa shape index (κ2) is 4.61. The Hall–Kier alpha value is -2.32. The summed E-state index contributed by atoms with van der Waals surface area (Å²) in [5.41, 5.74) is 2.52. The van der Waals surface area contributed by atoms with E-state index in [0.717, 1.165) is 21.9 Å².